The van der Waals surface area contributed by atoms with E-state index in [2.05, 4.69) is 10.0 Å². The number of amides is 1. The lowest BCUT2D eigenvalue weighted by molar-refractivity contribution is 0.0939. The Bertz CT molecular complexity index is 1180. The van der Waals surface area contributed by atoms with Crippen LogP contribution in [0.15, 0.2) is 71.6 Å². The van der Waals surface area contributed by atoms with Crippen LogP contribution in [0.25, 0.3) is 0 Å². The molecule has 0 fully saturated rings. The molecule has 1 amide bonds. The Kier molecular flexibility index (Phi) is 6.48. The van der Waals surface area contributed by atoms with Crippen molar-refractivity contribution in [2.75, 3.05) is 4.72 Å². The van der Waals surface area contributed by atoms with Gasteiger partial charge in [0.25, 0.3) is 15.9 Å². The third-order valence-electron chi connectivity index (χ3n) is 4.98. The van der Waals surface area contributed by atoms with Gasteiger partial charge in [0.15, 0.2) is 0 Å². The average molecular weight is 443 g/mol. The second-order valence-electron chi connectivity index (χ2n) is 7.10. The molecule has 3 aromatic carbocycles. The van der Waals surface area contributed by atoms with Crippen LogP contribution in [-0.4, -0.2) is 14.3 Å². The minimum atomic E-state index is -3.98. The van der Waals surface area contributed by atoms with E-state index in [4.69, 9.17) is 11.6 Å². The van der Waals surface area contributed by atoms with Crippen LogP contribution in [0.3, 0.4) is 0 Å². The molecule has 0 aliphatic carbocycles. The molecule has 3 aromatic rings. The second-order valence-corrected chi connectivity index (χ2v) is 9.16. The van der Waals surface area contributed by atoms with Gasteiger partial charge in [-0.05, 0) is 61.7 Å². The molecule has 0 heterocycles. The number of halogens is 1. The zero-order chi connectivity index (χ0) is 21.9. The van der Waals surface area contributed by atoms with E-state index in [9.17, 15) is 13.2 Å². The van der Waals surface area contributed by atoms with Gasteiger partial charge in [0, 0.05) is 5.56 Å². The van der Waals surface area contributed by atoms with E-state index in [0.29, 0.717) is 5.69 Å². The highest BCUT2D eigenvalue weighted by Crippen LogP contribution is 2.27. The predicted octanol–water partition coefficient (Wildman–Crippen LogP) is 5.25. The van der Waals surface area contributed by atoms with Crippen molar-refractivity contribution in [2.24, 2.45) is 0 Å². The molecule has 0 spiro atoms. The lowest BCUT2D eigenvalue weighted by Gasteiger charge is -2.16. The van der Waals surface area contributed by atoms with E-state index in [1.54, 1.807) is 12.1 Å². The molecule has 7 heteroatoms. The first-order chi connectivity index (χ1) is 14.2. The maximum absolute atomic E-state index is 13.0. The molecular weight excluding hydrogens is 420 g/mol. The second kappa shape index (κ2) is 8.90. The van der Waals surface area contributed by atoms with Crippen LogP contribution in [0, 0.1) is 13.8 Å². The van der Waals surface area contributed by atoms with Gasteiger partial charge >= 0.3 is 0 Å². The van der Waals surface area contributed by atoms with Gasteiger partial charge in [0.05, 0.1) is 16.8 Å². The summed E-state index contributed by atoms with van der Waals surface area (Å²) in [5.41, 5.74) is 3.42. The molecule has 1 atom stereocenters. The van der Waals surface area contributed by atoms with E-state index in [1.807, 2.05) is 57.2 Å². The summed E-state index contributed by atoms with van der Waals surface area (Å²) >= 11 is 6.17. The van der Waals surface area contributed by atoms with E-state index < -0.39 is 10.0 Å². The van der Waals surface area contributed by atoms with Crippen LogP contribution in [0.2, 0.25) is 5.02 Å². The Morgan fingerprint density at radius 2 is 1.67 bits per heavy atom. The fourth-order valence-electron chi connectivity index (χ4n) is 3.02. The Hall–Kier alpha value is -2.83. The quantitative estimate of drug-likeness (QED) is 0.547. The monoisotopic (exact) mass is 442 g/mol. The molecular formula is C23H23ClN2O3S. The van der Waals surface area contributed by atoms with Crippen LogP contribution in [0.5, 0.6) is 0 Å². The van der Waals surface area contributed by atoms with E-state index in [-0.39, 0.29) is 27.4 Å². The zero-order valence-corrected chi connectivity index (χ0v) is 18.5. The average Bonchev–Trinajstić information content (AvgIpc) is 2.72. The number of anilines is 1. The highest BCUT2D eigenvalue weighted by atomic mass is 35.5. The number of carbonyl (C=O) groups excluding carboxylic acids is 1. The third-order valence-corrected chi connectivity index (χ3v) is 6.83. The minimum Gasteiger partial charge on any atom is -0.346 e. The van der Waals surface area contributed by atoms with Gasteiger partial charge in [0.1, 0.15) is 4.90 Å². The summed E-state index contributed by atoms with van der Waals surface area (Å²) in [6.07, 6.45) is 0. The van der Waals surface area contributed by atoms with Gasteiger partial charge in [-0.1, -0.05) is 54.1 Å². The fraction of sp³-hybridized carbons (Fsp3) is 0.174. The topological polar surface area (TPSA) is 75.3 Å². The number of rotatable bonds is 6. The van der Waals surface area contributed by atoms with E-state index in [1.165, 1.54) is 18.2 Å². The number of hydrogen-bond acceptors (Lipinski definition) is 3. The van der Waals surface area contributed by atoms with Gasteiger partial charge in [-0.25, -0.2) is 8.42 Å². The molecule has 2 N–H and O–H groups in total. The zero-order valence-electron chi connectivity index (χ0n) is 16.9. The summed E-state index contributed by atoms with van der Waals surface area (Å²) in [6, 6.07) is 18.9. The summed E-state index contributed by atoms with van der Waals surface area (Å²) in [5.74, 6) is -0.383. The highest BCUT2D eigenvalue weighted by molar-refractivity contribution is 7.92. The van der Waals surface area contributed by atoms with Crippen LogP contribution in [-0.2, 0) is 10.0 Å². The first-order valence-corrected chi connectivity index (χ1v) is 11.3. The lowest BCUT2D eigenvalue weighted by atomic mass is 10.1. The van der Waals surface area contributed by atoms with Crippen molar-refractivity contribution < 1.29 is 13.2 Å². The van der Waals surface area contributed by atoms with Gasteiger partial charge in [-0.3, -0.25) is 9.52 Å². The van der Waals surface area contributed by atoms with E-state index in [0.717, 1.165) is 16.7 Å². The van der Waals surface area contributed by atoms with Gasteiger partial charge in [-0.15, -0.1) is 0 Å². The van der Waals surface area contributed by atoms with Crippen molar-refractivity contribution in [1.82, 2.24) is 5.32 Å². The summed E-state index contributed by atoms with van der Waals surface area (Å²) < 4.78 is 28.5. The maximum Gasteiger partial charge on any atom is 0.263 e. The van der Waals surface area contributed by atoms with Crippen LogP contribution < -0.4 is 10.0 Å². The predicted molar refractivity (Wildman–Crippen MR) is 120 cm³/mol. The Morgan fingerprint density at radius 1 is 0.967 bits per heavy atom. The van der Waals surface area contributed by atoms with Gasteiger partial charge in [0.2, 0.25) is 0 Å². The molecule has 0 aliphatic rings. The highest BCUT2D eigenvalue weighted by Gasteiger charge is 2.22. The smallest absolute Gasteiger partial charge is 0.263 e. The molecule has 5 nitrogen and oxygen atoms in total. The van der Waals surface area contributed by atoms with Crippen molar-refractivity contribution in [3.05, 3.63) is 94.0 Å². The molecule has 30 heavy (non-hydrogen) atoms. The maximum atomic E-state index is 13.0. The number of aryl methyl sites for hydroxylation is 1. The van der Waals surface area contributed by atoms with Crippen molar-refractivity contribution in [3.63, 3.8) is 0 Å². The fourth-order valence-corrected chi connectivity index (χ4v) is 4.67. The Labute approximate surface area is 182 Å². The number of benzene rings is 3. The van der Waals surface area contributed by atoms with Gasteiger partial charge < -0.3 is 5.32 Å². The van der Waals surface area contributed by atoms with Crippen molar-refractivity contribution in [1.29, 1.82) is 0 Å². The molecule has 0 aromatic heterocycles. The molecule has 3 rings (SSSR count). The molecule has 0 saturated carbocycles. The van der Waals surface area contributed by atoms with E-state index >= 15 is 0 Å². The number of nitrogens with one attached hydrogen (secondary N) is 2. The molecule has 0 aliphatic heterocycles. The standard InChI is InChI=1S/C23H23ClN2O3S/c1-15-8-7-11-21(16(15)2)26-30(28,29)22-14-19(12-13-20(22)24)23(27)25-17(3)18-9-5-4-6-10-18/h4-14,17,26H,1-3H3,(H,25,27)/t17-/m1/s1. The SMILES string of the molecule is Cc1cccc(NS(=O)(=O)c2cc(C(=O)N[C@H](C)c3ccccc3)ccc2Cl)c1C. The summed E-state index contributed by atoms with van der Waals surface area (Å²) in [5, 5.41) is 2.92. The summed E-state index contributed by atoms with van der Waals surface area (Å²) in [4.78, 5) is 12.6. The third kappa shape index (κ3) is 4.83. The lowest BCUT2D eigenvalue weighted by Crippen LogP contribution is -2.27. The van der Waals surface area contributed by atoms with Crippen molar-refractivity contribution in [3.8, 4) is 0 Å². The molecule has 0 saturated heterocycles. The largest absolute Gasteiger partial charge is 0.346 e. The molecule has 0 bridgehead atoms. The molecule has 156 valence electrons. The number of carbonyl (C=O) groups is 1. The molecule has 0 unspecified atom stereocenters. The Morgan fingerprint density at radius 3 is 2.37 bits per heavy atom. The molecule has 0 radical (unpaired) electrons. The van der Waals surface area contributed by atoms with Crippen molar-refractivity contribution >= 4 is 33.2 Å². The normalized spacial score (nSPS) is 12.3. The van der Waals surface area contributed by atoms with Crippen LogP contribution in [0.1, 0.15) is 40.0 Å². The first-order valence-electron chi connectivity index (χ1n) is 9.43. The number of hydrogen-bond donors (Lipinski definition) is 2. The minimum absolute atomic E-state index is 0.0421. The number of sulfonamides is 1. The summed E-state index contributed by atoms with van der Waals surface area (Å²) in [7, 11) is -3.98. The first kappa shape index (κ1) is 21.9. The van der Waals surface area contributed by atoms with Crippen LogP contribution in [0.4, 0.5) is 5.69 Å². The van der Waals surface area contributed by atoms with Gasteiger partial charge in [-0.2, -0.15) is 0 Å². The van der Waals surface area contributed by atoms with Crippen molar-refractivity contribution in [2.45, 2.75) is 31.7 Å². The van der Waals surface area contributed by atoms with Crippen LogP contribution >= 0.6 is 11.6 Å². The Balaban J connectivity index is 1.87. The summed E-state index contributed by atoms with van der Waals surface area (Å²) in [6.45, 7) is 5.60.